The van der Waals surface area contributed by atoms with Crippen LogP contribution in [-0.2, 0) is 9.53 Å². The van der Waals surface area contributed by atoms with E-state index >= 15 is 0 Å². The Morgan fingerprint density at radius 2 is 2.12 bits per heavy atom. The van der Waals surface area contributed by atoms with Gasteiger partial charge in [0.1, 0.15) is 0 Å². The molecule has 1 aliphatic rings. The highest BCUT2D eigenvalue weighted by Crippen LogP contribution is 2.51. The molecule has 0 heterocycles. The van der Waals surface area contributed by atoms with E-state index in [0.29, 0.717) is 5.41 Å². The summed E-state index contributed by atoms with van der Waals surface area (Å²) in [5, 5.41) is 3.43. The first kappa shape index (κ1) is 14.2. The monoisotopic (exact) mass is 239 g/mol. The maximum Gasteiger partial charge on any atom is 0.333 e. The second-order valence-corrected chi connectivity index (χ2v) is 5.22. The molecule has 1 aliphatic carbocycles. The van der Waals surface area contributed by atoms with Crippen molar-refractivity contribution in [2.24, 2.45) is 11.3 Å². The van der Waals surface area contributed by atoms with E-state index in [9.17, 15) is 4.79 Å². The van der Waals surface area contributed by atoms with E-state index in [2.05, 4.69) is 19.2 Å². The van der Waals surface area contributed by atoms with Crippen LogP contribution in [0.15, 0.2) is 11.6 Å². The molecule has 0 aliphatic heterocycles. The lowest BCUT2D eigenvalue weighted by atomic mass is 9.92. The van der Waals surface area contributed by atoms with Crippen LogP contribution in [0.3, 0.4) is 0 Å². The molecule has 0 aromatic carbocycles. The Morgan fingerprint density at radius 1 is 1.47 bits per heavy atom. The largest absolute Gasteiger partial charge is 0.466 e. The highest BCUT2D eigenvalue weighted by atomic mass is 16.5. The Kier molecular flexibility index (Phi) is 5.19. The summed E-state index contributed by atoms with van der Waals surface area (Å²) in [6, 6.07) is 0. The van der Waals surface area contributed by atoms with Crippen molar-refractivity contribution in [3.8, 4) is 0 Å². The summed E-state index contributed by atoms with van der Waals surface area (Å²) in [6.07, 6.45) is 5.34. The van der Waals surface area contributed by atoms with Crippen LogP contribution < -0.4 is 5.32 Å². The Bertz CT molecular complexity index is 291. The Labute approximate surface area is 105 Å². The molecular weight excluding hydrogens is 214 g/mol. The van der Waals surface area contributed by atoms with Gasteiger partial charge in [0, 0.05) is 18.7 Å². The number of hydrogen-bond donors (Lipinski definition) is 1. The van der Waals surface area contributed by atoms with Gasteiger partial charge in [-0.05, 0) is 30.6 Å². The van der Waals surface area contributed by atoms with Gasteiger partial charge >= 0.3 is 5.97 Å². The van der Waals surface area contributed by atoms with E-state index in [1.165, 1.54) is 20.0 Å². The van der Waals surface area contributed by atoms with Crippen LogP contribution in [0.4, 0.5) is 0 Å². The standard InChI is InChI=1S/C14H25NO2/c1-5-12(13(16)17-4)6-9-15-10-14(7-8-14)11(2)3/h6,11,15H,5,7-10H2,1-4H3. The predicted molar refractivity (Wildman–Crippen MR) is 69.8 cm³/mol. The van der Waals surface area contributed by atoms with Crippen molar-refractivity contribution >= 4 is 5.97 Å². The van der Waals surface area contributed by atoms with Gasteiger partial charge < -0.3 is 10.1 Å². The van der Waals surface area contributed by atoms with Crippen molar-refractivity contribution in [3.63, 3.8) is 0 Å². The molecule has 0 aromatic rings. The molecule has 0 unspecified atom stereocenters. The molecule has 1 rings (SSSR count). The summed E-state index contributed by atoms with van der Waals surface area (Å²) in [4.78, 5) is 11.3. The van der Waals surface area contributed by atoms with Crippen LogP contribution in [0.1, 0.15) is 40.0 Å². The fourth-order valence-corrected chi connectivity index (χ4v) is 2.14. The second-order valence-electron chi connectivity index (χ2n) is 5.22. The molecule has 0 bridgehead atoms. The van der Waals surface area contributed by atoms with Crippen molar-refractivity contribution in [2.75, 3.05) is 20.2 Å². The van der Waals surface area contributed by atoms with Crippen molar-refractivity contribution in [2.45, 2.75) is 40.0 Å². The number of esters is 1. The number of ether oxygens (including phenoxy) is 1. The minimum absolute atomic E-state index is 0.209. The normalized spacial score (nSPS) is 18.3. The Balaban J connectivity index is 2.31. The van der Waals surface area contributed by atoms with Crippen LogP contribution in [0.25, 0.3) is 0 Å². The summed E-state index contributed by atoms with van der Waals surface area (Å²) >= 11 is 0. The maximum atomic E-state index is 11.3. The molecule has 98 valence electrons. The van der Waals surface area contributed by atoms with Gasteiger partial charge in [0.2, 0.25) is 0 Å². The lowest BCUT2D eigenvalue weighted by Gasteiger charge is -2.19. The SMILES string of the molecule is CCC(=CCNCC1(C(C)C)CC1)C(=O)OC. The van der Waals surface area contributed by atoms with Gasteiger partial charge in [0.25, 0.3) is 0 Å². The van der Waals surface area contributed by atoms with E-state index in [1.807, 2.05) is 13.0 Å². The summed E-state index contributed by atoms with van der Waals surface area (Å²) in [5.41, 5.74) is 1.28. The zero-order chi connectivity index (χ0) is 12.9. The van der Waals surface area contributed by atoms with Gasteiger partial charge in [0.15, 0.2) is 0 Å². The zero-order valence-electron chi connectivity index (χ0n) is 11.5. The molecule has 0 atom stereocenters. The smallest absolute Gasteiger partial charge is 0.333 e. The molecule has 3 nitrogen and oxygen atoms in total. The van der Waals surface area contributed by atoms with E-state index in [4.69, 9.17) is 4.74 Å². The Morgan fingerprint density at radius 3 is 2.53 bits per heavy atom. The first-order valence-corrected chi connectivity index (χ1v) is 6.54. The first-order valence-electron chi connectivity index (χ1n) is 6.54. The van der Waals surface area contributed by atoms with Gasteiger partial charge in [0.05, 0.1) is 7.11 Å². The quantitative estimate of drug-likeness (QED) is 0.421. The van der Waals surface area contributed by atoms with Crippen molar-refractivity contribution in [3.05, 3.63) is 11.6 Å². The number of nitrogens with one attached hydrogen (secondary N) is 1. The third kappa shape index (κ3) is 3.84. The minimum Gasteiger partial charge on any atom is -0.466 e. The molecule has 0 saturated heterocycles. The minimum atomic E-state index is -0.209. The topological polar surface area (TPSA) is 38.3 Å². The van der Waals surface area contributed by atoms with Crippen LogP contribution in [-0.4, -0.2) is 26.2 Å². The predicted octanol–water partition coefficient (Wildman–Crippen LogP) is 2.52. The van der Waals surface area contributed by atoms with Gasteiger partial charge in [-0.3, -0.25) is 0 Å². The highest BCUT2D eigenvalue weighted by molar-refractivity contribution is 5.88. The number of rotatable bonds is 7. The summed E-state index contributed by atoms with van der Waals surface area (Å²) < 4.78 is 4.72. The lowest BCUT2D eigenvalue weighted by molar-refractivity contribution is -0.136. The van der Waals surface area contributed by atoms with Crippen molar-refractivity contribution in [1.82, 2.24) is 5.32 Å². The summed E-state index contributed by atoms with van der Waals surface area (Å²) in [6.45, 7) is 8.36. The number of carbonyl (C=O) groups is 1. The first-order chi connectivity index (χ1) is 8.05. The highest BCUT2D eigenvalue weighted by Gasteiger charge is 2.44. The maximum absolute atomic E-state index is 11.3. The zero-order valence-corrected chi connectivity index (χ0v) is 11.5. The average molecular weight is 239 g/mol. The van der Waals surface area contributed by atoms with Gasteiger partial charge in [-0.15, -0.1) is 0 Å². The Hall–Kier alpha value is -0.830. The molecular formula is C14H25NO2. The average Bonchev–Trinajstić information content (AvgIpc) is 3.09. The molecule has 17 heavy (non-hydrogen) atoms. The third-order valence-corrected chi connectivity index (χ3v) is 3.92. The van der Waals surface area contributed by atoms with Gasteiger partial charge in [-0.25, -0.2) is 4.79 Å². The number of hydrogen-bond acceptors (Lipinski definition) is 3. The second kappa shape index (κ2) is 6.20. The fourth-order valence-electron chi connectivity index (χ4n) is 2.14. The molecule has 0 spiro atoms. The van der Waals surface area contributed by atoms with Gasteiger partial charge in [-0.1, -0.05) is 26.8 Å². The molecule has 0 amide bonds. The molecule has 0 radical (unpaired) electrons. The van der Waals surface area contributed by atoms with Crippen LogP contribution >= 0.6 is 0 Å². The van der Waals surface area contributed by atoms with E-state index < -0.39 is 0 Å². The van der Waals surface area contributed by atoms with E-state index in [1.54, 1.807) is 0 Å². The van der Waals surface area contributed by atoms with Crippen LogP contribution in [0.5, 0.6) is 0 Å². The summed E-state index contributed by atoms with van der Waals surface area (Å²) in [7, 11) is 1.43. The van der Waals surface area contributed by atoms with Crippen LogP contribution in [0.2, 0.25) is 0 Å². The fraction of sp³-hybridized carbons (Fsp3) is 0.786. The third-order valence-electron chi connectivity index (χ3n) is 3.92. The van der Waals surface area contributed by atoms with E-state index in [-0.39, 0.29) is 5.97 Å². The molecule has 3 heteroatoms. The lowest BCUT2D eigenvalue weighted by Crippen LogP contribution is -2.28. The summed E-state index contributed by atoms with van der Waals surface area (Å²) in [5.74, 6) is 0.532. The van der Waals surface area contributed by atoms with Crippen LogP contribution in [0, 0.1) is 11.3 Å². The number of methoxy groups -OCH3 is 1. The number of carbonyl (C=O) groups excluding carboxylic acids is 1. The molecule has 1 fully saturated rings. The van der Waals surface area contributed by atoms with Gasteiger partial charge in [-0.2, -0.15) is 0 Å². The van der Waals surface area contributed by atoms with Crippen molar-refractivity contribution < 1.29 is 9.53 Å². The van der Waals surface area contributed by atoms with E-state index in [0.717, 1.165) is 31.0 Å². The molecule has 1 N–H and O–H groups in total. The molecule has 1 saturated carbocycles. The molecule has 0 aromatic heterocycles. The van der Waals surface area contributed by atoms with Crippen molar-refractivity contribution in [1.29, 1.82) is 0 Å².